The fraction of sp³-hybridized carbons (Fsp3) is 0.316. The van der Waals surface area contributed by atoms with Gasteiger partial charge in [-0.2, -0.15) is 0 Å². The minimum absolute atomic E-state index is 0. The van der Waals surface area contributed by atoms with Crippen LogP contribution < -0.4 is 15.4 Å². The highest BCUT2D eigenvalue weighted by Gasteiger charge is 2.13. The summed E-state index contributed by atoms with van der Waals surface area (Å²) in [5, 5.41) is 6.15. The van der Waals surface area contributed by atoms with E-state index in [1.54, 1.807) is 49.5 Å². The van der Waals surface area contributed by atoms with Crippen molar-refractivity contribution in [3.63, 3.8) is 0 Å². The Bertz CT molecular complexity index is 893. The van der Waals surface area contributed by atoms with Gasteiger partial charge in [0, 0.05) is 39.4 Å². The molecule has 7 nitrogen and oxygen atoms in total. The van der Waals surface area contributed by atoms with Crippen LogP contribution in [-0.2, 0) is 27.8 Å². The minimum Gasteiger partial charge on any atom is -0.383 e. The minimum atomic E-state index is -3.55. The molecule has 2 aromatic carbocycles. The van der Waals surface area contributed by atoms with E-state index in [0.717, 1.165) is 5.56 Å². The molecule has 0 aliphatic carbocycles. The van der Waals surface area contributed by atoms with Crippen LogP contribution in [0.2, 0.25) is 0 Å². The lowest BCUT2D eigenvalue weighted by Crippen LogP contribution is -2.36. The van der Waals surface area contributed by atoms with Crippen molar-refractivity contribution in [1.82, 2.24) is 15.4 Å². The standard InChI is InChI=1S/C19H25FN4O3S.HI/c1-21-19(23-14-16-5-3-4-6-18(16)20)22-13-15-7-9-17(10-8-15)28(25,26)24-11-12-27-2;/h3-10,24H,11-14H2,1-2H3,(H2,21,22,23);1H. The third-order valence-electron chi connectivity index (χ3n) is 3.92. The number of aliphatic imine (C=N–C) groups is 1. The normalized spacial score (nSPS) is 11.6. The van der Waals surface area contributed by atoms with E-state index in [2.05, 4.69) is 20.3 Å². The van der Waals surface area contributed by atoms with E-state index >= 15 is 0 Å². The number of ether oxygens (including phenoxy) is 1. The summed E-state index contributed by atoms with van der Waals surface area (Å²) < 4.78 is 45.2. The van der Waals surface area contributed by atoms with Gasteiger partial charge in [-0.25, -0.2) is 17.5 Å². The largest absolute Gasteiger partial charge is 0.383 e. The summed E-state index contributed by atoms with van der Waals surface area (Å²) in [6.45, 7) is 1.26. The Morgan fingerprint density at radius 3 is 2.34 bits per heavy atom. The molecule has 0 unspecified atom stereocenters. The molecular weight excluding hydrogens is 510 g/mol. The van der Waals surface area contributed by atoms with Crippen LogP contribution in [0.3, 0.4) is 0 Å². The molecule has 0 aromatic heterocycles. The number of guanidine groups is 1. The molecule has 0 bridgehead atoms. The molecule has 0 radical (unpaired) electrons. The van der Waals surface area contributed by atoms with Gasteiger partial charge in [0.05, 0.1) is 11.5 Å². The number of methoxy groups -OCH3 is 1. The summed E-state index contributed by atoms with van der Waals surface area (Å²) in [5.74, 6) is 0.238. The number of nitrogens with one attached hydrogen (secondary N) is 3. The lowest BCUT2D eigenvalue weighted by molar-refractivity contribution is 0.204. The maximum Gasteiger partial charge on any atom is 0.240 e. The van der Waals surface area contributed by atoms with Gasteiger partial charge in [0.2, 0.25) is 10.0 Å². The number of nitrogens with zero attached hydrogens (tertiary/aromatic N) is 1. The number of hydrogen-bond donors (Lipinski definition) is 3. The van der Waals surface area contributed by atoms with Crippen LogP contribution in [0.5, 0.6) is 0 Å². The monoisotopic (exact) mass is 536 g/mol. The molecule has 0 saturated heterocycles. The van der Waals surface area contributed by atoms with Crippen LogP contribution in [0.4, 0.5) is 4.39 Å². The second kappa shape index (κ2) is 12.7. The van der Waals surface area contributed by atoms with Gasteiger partial charge >= 0.3 is 0 Å². The molecule has 3 N–H and O–H groups in total. The van der Waals surface area contributed by atoms with Crippen LogP contribution in [0.15, 0.2) is 58.4 Å². The number of hydrogen-bond acceptors (Lipinski definition) is 4. The van der Waals surface area contributed by atoms with Gasteiger partial charge in [-0.05, 0) is 23.8 Å². The Morgan fingerprint density at radius 1 is 1.07 bits per heavy atom. The number of benzene rings is 2. The first-order chi connectivity index (χ1) is 13.5. The highest BCUT2D eigenvalue weighted by Crippen LogP contribution is 2.10. The summed E-state index contributed by atoms with van der Waals surface area (Å²) in [6, 6.07) is 13.1. The van der Waals surface area contributed by atoms with Crippen molar-refractivity contribution in [1.29, 1.82) is 0 Å². The van der Waals surface area contributed by atoms with Crippen molar-refractivity contribution in [2.24, 2.45) is 4.99 Å². The molecule has 0 spiro atoms. The summed E-state index contributed by atoms with van der Waals surface area (Å²) in [4.78, 5) is 4.29. The van der Waals surface area contributed by atoms with E-state index in [1.807, 2.05) is 0 Å². The maximum absolute atomic E-state index is 13.7. The number of halogens is 2. The van der Waals surface area contributed by atoms with Gasteiger partial charge in [-0.1, -0.05) is 30.3 Å². The summed E-state index contributed by atoms with van der Waals surface area (Å²) in [5.41, 5.74) is 1.42. The zero-order valence-corrected chi connectivity index (χ0v) is 19.5. The molecule has 0 atom stereocenters. The smallest absolute Gasteiger partial charge is 0.240 e. The Labute approximate surface area is 188 Å². The number of rotatable bonds is 9. The van der Waals surface area contributed by atoms with E-state index in [0.29, 0.717) is 31.2 Å². The van der Waals surface area contributed by atoms with Gasteiger partial charge in [0.25, 0.3) is 0 Å². The predicted octanol–water partition coefficient (Wildman–Crippen LogP) is 2.23. The second-order valence-electron chi connectivity index (χ2n) is 5.91. The van der Waals surface area contributed by atoms with E-state index in [1.165, 1.54) is 13.2 Å². The molecular formula is C19H26FIN4O3S. The molecule has 0 aliphatic rings. The van der Waals surface area contributed by atoms with E-state index < -0.39 is 10.0 Å². The zero-order valence-electron chi connectivity index (χ0n) is 16.3. The van der Waals surface area contributed by atoms with E-state index in [4.69, 9.17) is 4.74 Å². The van der Waals surface area contributed by atoms with Crippen LogP contribution in [0.25, 0.3) is 0 Å². The predicted molar refractivity (Wildman–Crippen MR) is 122 cm³/mol. The van der Waals surface area contributed by atoms with Gasteiger partial charge in [0.15, 0.2) is 5.96 Å². The summed E-state index contributed by atoms with van der Waals surface area (Å²) in [6.07, 6.45) is 0. The van der Waals surface area contributed by atoms with Gasteiger partial charge in [-0.15, -0.1) is 24.0 Å². The third kappa shape index (κ3) is 8.25. The molecule has 0 saturated carbocycles. The molecule has 160 valence electrons. The maximum atomic E-state index is 13.7. The van der Waals surface area contributed by atoms with Crippen molar-refractivity contribution in [2.75, 3.05) is 27.3 Å². The molecule has 10 heteroatoms. The zero-order chi connectivity index (χ0) is 20.4. The molecule has 0 fully saturated rings. The average molecular weight is 536 g/mol. The van der Waals surface area contributed by atoms with Crippen molar-refractivity contribution in [2.45, 2.75) is 18.0 Å². The van der Waals surface area contributed by atoms with Crippen LogP contribution in [-0.4, -0.2) is 41.7 Å². The summed E-state index contributed by atoms with van der Waals surface area (Å²) >= 11 is 0. The quantitative estimate of drug-likeness (QED) is 0.198. The first kappa shape index (κ1) is 25.3. The Hall–Kier alpha value is -1.76. The summed E-state index contributed by atoms with van der Waals surface area (Å²) in [7, 11) is -0.418. The fourth-order valence-corrected chi connectivity index (χ4v) is 3.39. The molecule has 2 aromatic rings. The second-order valence-corrected chi connectivity index (χ2v) is 7.67. The van der Waals surface area contributed by atoms with Crippen LogP contribution >= 0.6 is 24.0 Å². The van der Waals surface area contributed by atoms with E-state index in [-0.39, 0.29) is 41.2 Å². The number of sulfonamides is 1. The highest BCUT2D eigenvalue weighted by molar-refractivity contribution is 14.0. The van der Waals surface area contributed by atoms with Gasteiger partial charge in [0.1, 0.15) is 5.82 Å². The lowest BCUT2D eigenvalue weighted by Gasteiger charge is -2.13. The molecule has 0 amide bonds. The van der Waals surface area contributed by atoms with Crippen molar-refractivity contribution < 1.29 is 17.5 Å². The van der Waals surface area contributed by atoms with Crippen molar-refractivity contribution >= 4 is 40.0 Å². The molecule has 0 aliphatic heterocycles. The fourth-order valence-electron chi connectivity index (χ4n) is 2.37. The third-order valence-corrected chi connectivity index (χ3v) is 5.40. The first-order valence-electron chi connectivity index (χ1n) is 8.71. The Morgan fingerprint density at radius 2 is 1.72 bits per heavy atom. The van der Waals surface area contributed by atoms with Crippen molar-refractivity contribution in [3.8, 4) is 0 Å². The Kier molecular flexibility index (Phi) is 11.1. The Balaban J connectivity index is 0.00000420. The lowest BCUT2D eigenvalue weighted by atomic mass is 10.2. The molecule has 0 heterocycles. The van der Waals surface area contributed by atoms with Gasteiger partial charge in [-0.3, -0.25) is 4.99 Å². The van der Waals surface area contributed by atoms with Gasteiger partial charge < -0.3 is 15.4 Å². The first-order valence-corrected chi connectivity index (χ1v) is 10.2. The van der Waals surface area contributed by atoms with E-state index in [9.17, 15) is 12.8 Å². The average Bonchev–Trinajstić information content (AvgIpc) is 2.70. The van der Waals surface area contributed by atoms with Crippen LogP contribution in [0.1, 0.15) is 11.1 Å². The SMILES string of the molecule is CN=C(NCc1ccc(S(=O)(=O)NCCOC)cc1)NCc1ccccc1F.I. The topological polar surface area (TPSA) is 91.8 Å². The van der Waals surface area contributed by atoms with Crippen LogP contribution in [0, 0.1) is 5.82 Å². The molecule has 2 rings (SSSR count). The highest BCUT2D eigenvalue weighted by atomic mass is 127. The molecule has 29 heavy (non-hydrogen) atoms. The van der Waals surface area contributed by atoms with Crippen molar-refractivity contribution in [3.05, 3.63) is 65.5 Å².